The Morgan fingerprint density at radius 2 is 1.94 bits per heavy atom. The molecular weight excluding hydrogens is 220 g/mol. The molecule has 2 rings (SSSR count). The van der Waals surface area contributed by atoms with E-state index in [0.717, 1.165) is 12.8 Å². The van der Waals surface area contributed by atoms with Crippen molar-refractivity contribution in [2.45, 2.75) is 12.8 Å². The van der Waals surface area contributed by atoms with E-state index in [1.54, 1.807) is 12.1 Å². The molecule has 0 radical (unpaired) electrons. The third kappa shape index (κ3) is 3.14. The lowest BCUT2D eigenvalue weighted by atomic mass is 10.1. The monoisotopic (exact) mass is 231 g/mol. The molecule has 1 aliphatic rings. The standard InChI is InChI=1S/C12H12N2O3/c15-11(9-5-6-9)14-13-7-8-1-3-10(4-2-8)12(16)17/h1-4,7,9H,5-6H2,(H,14,15)(H,16,17)/p-1. The Kier molecular flexibility index (Phi) is 3.18. The Morgan fingerprint density at radius 1 is 1.29 bits per heavy atom. The number of hydrogen-bond acceptors (Lipinski definition) is 4. The highest BCUT2D eigenvalue weighted by atomic mass is 16.4. The van der Waals surface area contributed by atoms with Gasteiger partial charge in [-0.15, -0.1) is 0 Å². The van der Waals surface area contributed by atoms with E-state index < -0.39 is 5.97 Å². The molecule has 0 aliphatic heterocycles. The smallest absolute Gasteiger partial charge is 0.243 e. The average molecular weight is 231 g/mol. The highest BCUT2D eigenvalue weighted by molar-refractivity contribution is 5.88. The number of carboxylic acid groups (broad SMARTS) is 1. The third-order valence-corrected chi connectivity index (χ3v) is 2.48. The van der Waals surface area contributed by atoms with E-state index in [1.165, 1.54) is 18.3 Å². The number of carboxylic acids is 1. The Morgan fingerprint density at radius 3 is 2.47 bits per heavy atom. The molecule has 0 unspecified atom stereocenters. The maximum Gasteiger partial charge on any atom is 0.243 e. The number of nitrogens with zero attached hydrogens (tertiary/aromatic N) is 1. The van der Waals surface area contributed by atoms with Gasteiger partial charge in [0.25, 0.3) is 0 Å². The van der Waals surface area contributed by atoms with Crippen molar-refractivity contribution in [3.63, 3.8) is 0 Å². The van der Waals surface area contributed by atoms with Crippen molar-refractivity contribution in [2.75, 3.05) is 0 Å². The molecule has 1 aromatic carbocycles. The first-order valence-electron chi connectivity index (χ1n) is 5.31. The van der Waals surface area contributed by atoms with Crippen LogP contribution >= 0.6 is 0 Å². The summed E-state index contributed by atoms with van der Waals surface area (Å²) in [7, 11) is 0. The van der Waals surface area contributed by atoms with Gasteiger partial charge in [-0.05, 0) is 24.0 Å². The molecule has 1 fully saturated rings. The van der Waals surface area contributed by atoms with Crippen molar-refractivity contribution < 1.29 is 14.7 Å². The quantitative estimate of drug-likeness (QED) is 0.580. The predicted octanol–water partition coefficient (Wildman–Crippen LogP) is -0.0898. The molecule has 1 N–H and O–H groups in total. The summed E-state index contributed by atoms with van der Waals surface area (Å²) in [6.07, 6.45) is 3.34. The fraction of sp³-hybridized carbons (Fsp3) is 0.250. The molecule has 17 heavy (non-hydrogen) atoms. The first kappa shape index (κ1) is 11.3. The minimum Gasteiger partial charge on any atom is -0.545 e. The fourth-order valence-electron chi connectivity index (χ4n) is 1.31. The van der Waals surface area contributed by atoms with Gasteiger partial charge in [-0.1, -0.05) is 24.3 Å². The van der Waals surface area contributed by atoms with E-state index in [9.17, 15) is 14.7 Å². The summed E-state index contributed by atoms with van der Waals surface area (Å²) in [4.78, 5) is 21.7. The van der Waals surface area contributed by atoms with Gasteiger partial charge in [-0.25, -0.2) is 5.43 Å². The predicted molar refractivity (Wildman–Crippen MR) is 59.2 cm³/mol. The van der Waals surface area contributed by atoms with Crippen molar-refractivity contribution in [3.8, 4) is 0 Å². The van der Waals surface area contributed by atoms with Crippen molar-refractivity contribution in [1.82, 2.24) is 5.43 Å². The summed E-state index contributed by atoms with van der Waals surface area (Å²) in [5.41, 5.74) is 3.26. The molecule has 1 aromatic rings. The van der Waals surface area contributed by atoms with Crippen LogP contribution < -0.4 is 10.5 Å². The Labute approximate surface area is 98.1 Å². The third-order valence-electron chi connectivity index (χ3n) is 2.48. The maximum absolute atomic E-state index is 11.2. The van der Waals surface area contributed by atoms with Gasteiger partial charge < -0.3 is 9.90 Å². The van der Waals surface area contributed by atoms with Gasteiger partial charge in [0.1, 0.15) is 0 Å². The van der Waals surface area contributed by atoms with Gasteiger partial charge in [-0.2, -0.15) is 5.10 Å². The highest BCUT2D eigenvalue weighted by Crippen LogP contribution is 2.28. The normalized spacial score (nSPS) is 14.8. The van der Waals surface area contributed by atoms with Crippen molar-refractivity contribution in [1.29, 1.82) is 0 Å². The van der Waals surface area contributed by atoms with Crippen LogP contribution in [0.1, 0.15) is 28.8 Å². The number of aromatic carboxylic acids is 1. The van der Waals surface area contributed by atoms with E-state index in [1.807, 2.05) is 0 Å². The molecule has 5 nitrogen and oxygen atoms in total. The van der Waals surface area contributed by atoms with Gasteiger partial charge in [0, 0.05) is 5.92 Å². The van der Waals surface area contributed by atoms with E-state index in [-0.39, 0.29) is 17.4 Å². The lowest BCUT2D eigenvalue weighted by Gasteiger charge is -2.01. The molecule has 1 amide bonds. The van der Waals surface area contributed by atoms with Crippen LogP contribution in [0, 0.1) is 5.92 Å². The number of amides is 1. The summed E-state index contributed by atoms with van der Waals surface area (Å²) < 4.78 is 0. The largest absolute Gasteiger partial charge is 0.545 e. The van der Waals surface area contributed by atoms with Crippen LogP contribution in [0.4, 0.5) is 0 Å². The summed E-state index contributed by atoms with van der Waals surface area (Å²) in [5.74, 6) is -1.16. The molecule has 0 spiro atoms. The van der Waals surface area contributed by atoms with Crippen LogP contribution in [0.3, 0.4) is 0 Å². The second-order valence-corrected chi connectivity index (χ2v) is 3.92. The highest BCUT2D eigenvalue weighted by Gasteiger charge is 2.29. The molecule has 88 valence electrons. The Balaban J connectivity index is 1.91. The second kappa shape index (κ2) is 4.78. The SMILES string of the molecule is O=C([O-])c1ccc(C=NNC(=O)C2CC2)cc1. The number of benzene rings is 1. The molecule has 1 aliphatic carbocycles. The number of carbonyl (C=O) groups is 2. The van der Waals surface area contributed by atoms with Crippen molar-refractivity contribution in [2.24, 2.45) is 11.0 Å². The van der Waals surface area contributed by atoms with Crippen LogP contribution in [0.15, 0.2) is 29.4 Å². The van der Waals surface area contributed by atoms with Crippen LogP contribution in [-0.4, -0.2) is 18.1 Å². The first-order chi connectivity index (χ1) is 8.16. The van der Waals surface area contributed by atoms with Gasteiger partial charge in [-0.3, -0.25) is 4.79 Å². The summed E-state index contributed by atoms with van der Waals surface area (Å²) in [6, 6.07) is 6.05. The van der Waals surface area contributed by atoms with E-state index >= 15 is 0 Å². The van der Waals surface area contributed by atoms with E-state index in [2.05, 4.69) is 10.5 Å². The lowest BCUT2D eigenvalue weighted by Crippen LogP contribution is -2.22. The summed E-state index contributed by atoms with van der Waals surface area (Å²) >= 11 is 0. The topological polar surface area (TPSA) is 81.6 Å². The van der Waals surface area contributed by atoms with Crippen molar-refractivity contribution >= 4 is 18.1 Å². The molecule has 0 bridgehead atoms. The van der Waals surface area contributed by atoms with Gasteiger partial charge in [0.05, 0.1) is 12.2 Å². The molecule has 0 aromatic heterocycles. The number of rotatable bonds is 4. The zero-order valence-corrected chi connectivity index (χ0v) is 9.05. The van der Waals surface area contributed by atoms with Gasteiger partial charge in [0.15, 0.2) is 0 Å². The number of hydrazone groups is 1. The minimum absolute atomic E-state index is 0.0624. The van der Waals surface area contributed by atoms with Gasteiger partial charge >= 0.3 is 0 Å². The molecular formula is C12H11N2O3-. The zero-order valence-electron chi connectivity index (χ0n) is 9.05. The maximum atomic E-state index is 11.2. The van der Waals surface area contributed by atoms with Gasteiger partial charge in [0.2, 0.25) is 5.91 Å². The average Bonchev–Trinajstić information content (AvgIpc) is 3.13. The minimum atomic E-state index is -1.21. The number of hydrogen-bond donors (Lipinski definition) is 1. The number of carbonyl (C=O) groups excluding carboxylic acids is 2. The van der Waals surface area contributed by atoms with Crippen molar-refractivity contribution in [3.05, 3.63) is 35.4 Å². The summed E-state index contributed by atoms with van der Waals surface area (Å²) in [5, 5.41) is 14.3. The first-order valence-corrected chi connectivity index (χ1v) is 5.31. The number of nitrogens with one attached hydrogen (secondary N) is 1. The molecule has 5 heteroatoms. The fourth-order valence-corrected chi connectivity index (χ4v) is 1.31. The molecule has 0 atom stereocenters. The zero-order chi connectivity index (χ0) is 12.3. The second-order valence-electron chi connectivity index (χ2n) is 3.92. The Bertz CT molecular complexity index is 461. The van der Waals surface area contributed by atoms with Crippen LogP contribution in [0.25, 0.3) is 0 Å². The van der Waals surface area contributed by atoms with Crippen LogP contribution in [-0.2, 0) is 4.79 Å². The Hall–Kier alpha value is -2.17. The summed E-state index contributed by atoms with van der Waals surface area (Å²) in [6.45, 7) is 0. The van der Waals surface area contributed by atoms with E-state index in [0.29, 0.717) is 5.56 Å². The van der Waals surface area contributed by atoms with Crippen LogP contribution in [0.5, 0.6) is 0 Å². The van der Waals surface area contributed by atoms with Crippen LogP contribution in [0.2, 0.25) is 0 Å². The van der Waals surface area contributed by atoms with E-state index in [4.69, 9.17) is 0 Å². The molecule has 1 saturated carbocycles. The molecule has 0 heterocycles. The lowest BCUT2D eigenvalue weighted by molar-refractivity contribution is -0.255. The molecule has 0 saturated heterocycles.